The predicted molar refractivity (Wildman–Crippen MR) is 87.3 cm³/mol. The smallest absolute Gasteiger partial charge is 0.164 e. The second-order valence-electron chi connectivity index (χ2n) is 5.16. The molecule has 0 N–H and O–H groups in total. The molecule has 0 saturated heterocycles. The van der Waals surface area contributed by atoms with Crippen molar-refractivity contribution in [2.24, 2.45) is 0 Å². The summed E-state index contributed by atoms with van der Waals surface area (Å²) >= 11 is 0. The molecule has 3 rings (SSSR count). The zero-order chi connectivity index (χ0) is 15.2. The molecule has 2 heterocycles. The number of unbranched alkanes of at least 4 members (excludes halogenated alkanes) is 2. The van der Waals surface area contributed by atoms with Gasteiger partial charge in [-0.25, -0.2) is 15.0 Å². The predicted octanol–water partition coefficient (Wildman–Crippen LogP) is 3.42. The molecule has 0 atom stereocenters. The van der Waals surface area contributed by atoms with Crippen LogP contribution in [0.3, 0.4) is 0 Å². The van der Waals surface area contributed by atoms with Gasteiger partial charge in [0, 0.05) is 6.42 Å². The van der Waals surface area contributed by atoms with E-state index in [-0.39, 0.29) is 0 Å². The minimum Gasteiger partial charge on any atom is -0.311 e. The number of imidazole rings is 1. The van der Waals surface area contributed by atoms with E-state index < -0.39 is 0 Å². The van der Waals surface area contributed by atoms with Gasteiger partial charge in [0.15, 0.2) is 5.65 Å². The Hall–Kier alpha value is -2.67. The van der Waals surface area contributed by atoms with Crippen molar-refractivity contribution in [3.8, 4) is 11.8 Å². The van der Waals surface area contributed by atoms with Crippen LogP contribution in [0, 0.1) is 11.8 Å². The van der Waals surface area contributed by atoms with Crippen LogP contribution in [0.15, 0.2) is 43.0 Å². The first kappa shape index (κ1) is 14.3. The number of aromatic nitrogens is 4. The summed E-state index contributed by atoms with van der Waals surface area (Å²) in [6.45, 7) is 2.91. The van der Waals surface area contributed by atoms with Gasteiger partial charge in [0.05, 0.1) is 12.9 Å². The van der Waals surface area contributed by atoms with Gasteiger partial charge in [-0.1, -0.05) is 49.6 Å². The van der Waals surface area contributed by atoms with Crippen LogP contribution in [-0.2, 0) is 6.54 Å². The zero-order valence-corrected chi connectivity index (χ0v) is 12.7. The van der Waals surface area contributed by atoms with Crippen molar-refractivity contribution in [2.45, 2.75) is 32.7 Å². The monoisotopic (exact) mass is 290 g/mol. The van der Waals surface area contributed by atoms with Crippen molar-refractivity contribution in [1.29, 1.82) is 0 Å². The molecule has 0 aliphatic carbocycles. The molecule has 0 radical (unpaired) electrons. The fourth-order valence-electron chi connectivity index (χ4n) is 2.28. The van der Waals surface area contributed by atoms with Gasteiger partial charge in [-0.15, -0.1) is 0 Å². The van der Waals surface area contributed by atoms with Gasteiger partial charge in [-0.3, -0.25) is 0 Å². The minimum absolute atomic E-state index is 0.716. The number of benzene rings is 1. The SMILES string of the molecule is CCCCC#Cc1ncnc2c1ncn2Cc1ccccc1. The third-order valence-electron chi connectivity index (χ3n) is 3.46. The number of hydrogen-bond acceptors (Lipinski definition) is 3. The molecule has 0 saturated carbocycles. The minimum atomic E-state index is 0.716. The molecule has 0 aliphatic rings. The summed E-state index contributed by atoms with van der Waals surface area (Å²) in [6.07, 6.45) is 6.54. The van der Waals surface area contributed by atoms with Crippen LogP contribution >= 0.6 is 0 Å². The van der Waals surface area contributed by atoms with E-state index >= 15 is 0 Å². The summed E-state index contributed by atoms with van der Waals surface area (Å²) in [5.74, 6) is 6.29. The molecule has 1 aromatic carbocycles. The molecule has 0 bridgehead atoms. The third kappa shape index (κ3) is 3.15. The Morgan fingerprint density at radius 2 is 1.95 bits per heavy atom. The van der Waals surface area contributed by atoms with Gasteiger partial charge in [-0.05, 0) is 17.9 Å². The molecule has 0 amide bonds. The van der Waals surface area contributed by atoms with Crippen LogP contribution in [-0.4, -0.2) is 19.5 Å². The lowest BCUT2D eigenvalue weighted by atomic mass is 10.2. The molecular weight excluding hydrogens is 272 g/mol. The molecule has 0 unspecified atom stereocenters. The van der Waals surface area contributed by atoms with Gasteiger partial charge >= 0.3 is 0 Å². The molecule has 0 spiro atoms. The molecule has 2 aromatic heterocycles. The Balaban J connectivity index is 1.89. The highest BCUT2D eigenvalue weighted by atomic mass is 15.1. The molecule has 3 aromatic rings. The molecule has 4 heteroatoms. The van der Waals surface area contributed by atoms with Gasteiger partial charge in [0.25, 0.3) is 0 Å². The second kappa shape index (κ2) is 6.86. The van der Waals surface area contributed by atoms with Crippen molar-refractivity contribution in [3.63, 3.8) is 0 Å². The molecule has 110 valence electrons. The van der Waals surface area contributed by atoms with Gasteiger partial charge in [0.1, 0.15) is 17.5 Å². The largest absolute Gasteiger partial charge is 0.311 e. The summed E-state index contributed by atoms with van der Waals surface area (Å²) in [5, 5.41) is 0. The first-order valence-electron chi connectivity index (χ1n) is 7.57. The molecule has 22 heavy (non-hydrogen) atoms. The standard InChI is InChI=1S/C18H18N4/c1-2-3-4-8-11-16-17-18(20-13-19-16)22(14-21-17)12-15-9-6-5-7-10-15/h5-7,9-10,13-14H,2-4,12H2,1H3. The quantitative estimate of drug-likeness (QED) is 0.546. The second-order valence-corrected chi connectivity index (χ2v) is 5.16. The molecule has 0 fully saturated rings. The normalized spacial score (nSPS) is 10.4. The van der Waals surface area contributed by atoms with Crippen molar-refractivity contribution in [1.82, 2.24) is 19.5 Å². The summed E-state index contributed by atoms with van der Waals surface area (Å²) < 4.78 is 2.03. The third-order valence-corrected chi connectivity index (χ3v) is 3.46. The molecule has 0 aliphatic heterocycles. The van der Waals surface area contributed by atoms with E-state index in [0.717, 1.165) is 37.0 Å². The van der Waals surface area contributed by atoms with Crippen molar-refractivity contribution in [3.05, 3.63) is 54.2 Å². The molecular formula is C18H18N4. The Bertz CT molecular complexity index is 809. The van der Waals surface area contributed by atoms with Gasteiger partial charge in [-0.2, -0.15) is 0 Å². The topological polar surface area (TPSA) is 43.6 Å². The van der Waals surface area contributed by atoms with Crippen LogP contribution in [0.1, 0.15) is 37.4 Å². The summed E-state index contributed by atoms with van der Waals surface area (Å²) in [4.78, 5) is 13.1. The van der Waals surface area contributed by atoms with E-state index in [2.05, 4.69) is 45.8 Å². The lowest BCUT2D eigenvalue weighted by Gasteiger charge is -2.03. The van der Waals surface area contributed by atoms with Crippen LogP contribution in [0.4, 0.5) is 0 Å². The lowest BCUT2D eigenvalue weighted by Crippen LogP contribution is -1.99. The van der Waals surface area contributed by atoms with Gasteiger partial charge < -0.3 is 4.57 Å². The van der Waals surface area contributed by atoms with Crippen molar-refractivity contribution in [2.75, 3.05) is 0 Å². The van der Waals surface area contributed by atoms with Crippen LogP contribution in [0.2, 0.25) is 0 Å². The van der Waals surface area contributed by atoms with E-state index in [1.54, 1.807) is 6.33 Å². The van der Waals surface area contributed by atoms with E-state index in [0.29, 0.717) is 5.69 Å². The van der Waals surface area contributed by atoms with Gasteiger partial charge in [0.2, 0.25) is 0 Å². The van der Waals surface area contributed by atoms with Crippen molar-refractivity contribution >= 4 is 11.2 Å². The number of fused-ring (bicyclic) bond motifs is 1. The van der Waals surface area contributed by atoms with Crippen LogP contribution < -0.4 is 0 Å². The Kier molecular flexibility index (Phi) is 4.45. The zero-order valence-electron chi connectivity index (χ0n) is 12.7. The van der Waals surface area contributed by atoms with E-state index in [4.69, 9.17) is 0 Å². The summed E-state index contributed by atoms with van der Waals surface area (Å²) in [7, 11) is 0. The number of rotatable bonds is 4. The highest BCUT2D eigenvalue weighted by Crippen LogP contribution is 2.14. The fourth-order valence-corrected chi connectivity index (χ4v) is 2.28. The van der Waals surface area contributed by atoms with E-state index in [1.165, 1.54) is 5.56 Å². The average Bonchev–Trinajstić information content (AvgIpc) is 2.96. The maximum absolute atomic E-state index is 4.45. The van der Waals surface area contributed by atoms with E-state index in [9.17, 15) is 0 Å². The summed E-state index contributed by atoms with van der Waals surface area (Å²) in [5.41, 5.74) is 3.55. The number of nitrogens with zero attached hydrogens (tertiary/aromatic N) is 4. The average molecular weight is 290 g/mol. The number of hydrogen-bond donors (Lipinski definition) is 0. The molecule has 4 nitrogen and oxygen atoms in total. The maximum Gasteiger partial charge on any atom is 0.164 e. The first-order valence-corrected chi connectivity index (χ1v) is 7.57. The summed E-state index contributed by atoms with van der Waals surface area (Å²) in [6, 6.07) is 10.3. The van der Waals surface area contributed by atoms with Crippen LogP contribution in [0.25, 0.3) is 11.2 Å². The van der Waals surface area contributed by atoms with Crippen LogP contribution in [0.5, 0.6) is 0 Å². The lowest BCUT2D eigenvalue weighted by molar-refractivity contribution is 0.813. The Morgan fingerprint density at radius 3 is 2.77 bits per heavy atom. The van der Waals surface area contributed by atoms with E-state index in [1.807, 2.05) is 29.1 Å². The highest BCUT2D eigenvalue weighted by Gasteiger charge is 2.08. The Morgan fingerprint density at radius 1 is 1.09 bits per heavy atom. The first-order chi connectivity index (χ1) is 10.9. The van der Waals surface area contributed by atoms with Crippen molar-refractivity contribution < 1.29 is 0 Å². The fraction of sp³-hybridized carbons (Fsp3) is 0.278. The Labute approximate surface area is 130 Å². The maximum atomic E-state index is 4.45. The highest BCUT2D eigenvalue weighted by molar-refractivity contribution is 5.76.